The van der Waals surface area contributed by atoms with Crippen LogP contribution in [0.15, 0.2) is 77.2 Å². The van der Waals surface area contributed by atoms with Crippen molar-refractivity contribution in [3.63, 3.8) is 0 Å². The first kappa shape index (κ1) is 27.5. The molecule has 0 saturated carbocycles. The van der Waals surface area contributed by atoms with E-state index in [1.54, 1.807) is 24.3 Å². The third-order valence-electron chi connectivity index (χ3n) is 7.85. The number of carbonyl (C=O) groups is 1. The van der Waals surface area contributed by atoms with Gasteiger partial charge in [0.1, 0.15) is 28.6 Å². The summed E-state index contributed by atoms with van der Waals surface area (Å²) in [6.07, 6.45) is 1.10. The molecular formula is C32H26FN5O5S. The number of carbonyl (C=O) groups excluding carboxylic acids is 1. The third-order valence-corrected chi connectivity index (χ3v) is 9.05. The van der Waals surface area contributed by atoms with Gasteiger partial charge in [-0.2, -0.15) is 0 Å². The standard InChI is InChI=1S/C32H26FN5O5S/c1-35-32(39)29-22-14-21(25(37(2)44(3,40)41)15-28(22)43-31(29)17-4-6-19(33)7-5-17)23-9-11-27-30(36-23)26-13-18-12-20(34)8-10-24(18)38(26)16-42-27/h4-15H,16,34H2,1-3H3,(H,35,39). The van der Waals surface area contributed by atoms with Crippen LogP contribution in [0, 0.1) is 5.82 Å². The minimum Gasteiger partial charge on any atom is -0.470 e. The number of nitrogen functional groups attached to an aromatic ring is 1. The van der Waals surface area contributed by atoms with E-state index < -0.39 is 21.7 Å². The Hall–Kier alpha value is -5.36. The van der Waals surface area contributed by atoms with E-state index in [0.717, 1.165) is 27.2 Å². The highest BCUT2D eigenvalue weighted by Crippen LogP contribution is 2.43. The lowest BCUT2D eigenvalue weighted by molar-refractivity contribution is 0.0964. The minimum absolute atomic E-state index is 0.222. The number of anilines is 2. The first-order chi connectivity index (χ1) is 21.0. The van der Waals surface area contributed by atoms with Crippen LogP contribution in [0.2, 0.25) is 0 Å². The molecule has 3 aromatic heterocycles. The van der Waals surface area contributed by atoms with Crippen molar-refractivity contribution in [1.82, 2.24) is 14.9 Å². The molecule has 0 fully saturated rings. The predicted octanol–water partition coefficient (Wildman–Crippen LogP) is 5.61. The van der Waals surface area contributed by atoms with Gasteiger partial charge in [-0.25, -0.2) is 17.8 Å². The van der Waals surface area contributed by atoms with Crippen molar-refractivity contribution in [1.29, 1.82) is 0 Å². The topological polar surface area (TPSA) is 133 Å². The van der Waals surface area contributed by atoms with Crippen molar-refractivity contribution in [2.45, 2.75) is 6.73 Å². The van der Waals surface area contributed by atoms with Gasteiger partial charge in [0.05, 0.1) is 34.4 Å². The molecule has 7 rings (SSSR count). The van der Waals surface area contributed by atoms with E-state index >= 15 is 0 Å². The fourth-order valence-corrected chi connectivity index (χ4v) is 6.09. The van der Waals surface area contributed by atoms with Crippen LogP contribution in [0.4, 0.5) is 15.8 Å². The van der Waals surface area contributed by atoms with E-state index in [9.17, 15) is 17.6 Å². The molecule has 3 N–H and O–H groups in total. The number of rotatable bonds is 5. The number of fused-ring (bicyclic) bond motifs is 6. The number of sulfonamides is 1. The Morgan fingerprint density at radius 3 is 2.57 bits per heavy atom. The zero-order valence-corrected chi connectivity index (χ0v) is 24.7. The van der Waals surface area contributed by atoms with Crippen molar-refractivity contribution < 1.29 is 26.8 Å². The Morgan fingerprint density at radius 2 is 1.84 bits per heavy atom. The largest absolute Gasteiger partial charge is 0.470 e. The number of nitrogens with two attached hydrogens (primary N) is 1. The van der Waals surface area contributed by atoms with E-state index in [1.807, 2.05) is 28.8 Å². The molecule has 10 nitrogen and oxygen atoms in total. The van der Waals surface area contributed by atoms with Crippen LogP contribution in [-0.4, -0.2) is 44.2 Å². The monoisotopic (exact) mass is 611 g/mol. The summed E-state index contributed by atoms with van der Waals surface area (Å²) in [6.45, 7) is 0.293. The van der Waals surface area contributed by atoms with Crippen LogP contribution in [-0.2, 0) is 16.8 Å². The van der Waals surface area contributed by atoms with Crippen molar-refractivity contribution in [3.05, 3.63) is 84.2 Å². The van der Waals surface area contributed by atoms with E-state index in [4.69, 9.17) is 19.9 Å². The second kappa shape index (κ2) is 9.85. The normalized spacial score (nSPS) is 12.5. The SMILES string of the molecule is CNC(=O)c1c(-c2ccc(F)cc2)oc2cc(N(C)S(C)(=O)=O)c(-c3ccc4c(n3)-c3cc5cc(N)ccc5n3CO4)cc12. The highest BCUT2D eigenvalue weighted by molar-refractivity contribution is 7.92. The number of nitrogens with one attached hydrogen (secondary N) is 1. The smallest absolute Gasteiger partial charge is 0.255 e. The number of hydrogen-bond acceptors (Lipinski definition) is 7. The fourth-order valence-electron chi connectivity index (χ4n) is 5.59. The number of amides is 1. The molecule has 1 aliphatic rings. The third kappa shape index (κ3) is 4.33. The van der Waals surface area contributed by atoms with Gasteiger partial charge in [0.15, 0.2) is 6.73 Å². The molecule has 1 amide bonds. The average molecular weight is 612 g/mol. The lowest BCUT2D eigenvalue weighted by atomic mass is 10.0. The Bertz CT molecular complexity index is 2260. The van der Waals surface area contributed by atoms with Gasteiger partial charge >= 0.3 is 0 Å². The van der Waals surface area contributed by atoms with E-state index in [-0.39, 0.29) is 16.9 Å². The molecule has 0 bridgehead atoms. The number of benzene rings is 3. The second-order valence-corrected chi connectivity index (χ2v) is 12.6. The molecule has 0 saturated heterocycles. The molecule has 3 aromatic carbocycles. The zero-order chi connectivity index (χ0) is 30.9. The van der Waals surface area contributed by atoms with Gasteiger partial charge in [-0.3, -0.25) is 9.10 Å². The van der Waals surface area contributed by atoms with Crippen molar-refractivity contribution in [2.75, 3.05) is 30.4 Å². The number of aromatic nitrogens is 2. The summed E-state index contributed by atoms with van der Waals surface area (Å²) >= 11 is 0. The molecule has 12 heteroatoms. The Balaban J connectivity index is 1.49. The number of halogens is 1. The molecule has 0 spiro atoms. The summed E-state index contributed by atoms with van der Waals surface area (Å²) in [5.41, 5.74) is 11.2. The molecule has 44 heavy (non-hydrogen) atoms. The summed E-state index contributed by atoms with van der Waals surface area (Å²) in [5.74, 6) is -0.0614. The van der Waals surface area contributed by atoms with Gasteiger partial charge in [-0.1, -0.05) is 0 Å². The predicted molar refractivity (Wildman–Crippen MR) is 167 cm³/mol. The summed E-state index contributed by atoms with van der Waals surface area (Å²) in [6, 6.07) is 20.0. The average Bonchev–Trinajstić information content (AvgIpc) is 3.57. The number of pyridine rings is 1. The Labute approximate surface area is 251 Å². The van der Waals surface area contributed by atoms with Gasteiger partial charge in [-0.05, 0) is 66.7 Å². The van der Waals surface area contributed by atoms with Crippen LogP contribution in [0.1, 0.15) is 10.4 Å². The molecule has 222 valence electrons. The first-order valence-electron chi connectivity index (χ1n) is 13.6. The van der Waals surface area contributed by atoms with Gasteiger partial charge in [0.25, 0.3) is 5.91 Å². The Morgan fingerprint density at radius 1 is 1.07 bits per heavy atom. The molecule has 0 unspecified atom stereocenters. The molecule has 0 aliphatic carbocycles. The molecule has 0 atom stereocenters. The highest BCUT2D eigenvalue weighted by Gasteiger charge is 2.28. The number of ether oxygens (including phenoxy) is 1. The van der Waals surface area contributed by atoms with E-state index in [1.165, 1.54) is 38.4 Å². The van der Waals surface area contributed by atoms with Gasteiger partial charge < -0.3 is 24.8 Å². The zero-order valence-electron chi connectivity index (χ0n) is 23.9. The maximum absolute atomic E-state index is 13.7. The van der Waals surface area contributed by atoms with Gasteiger partial charge in [0.2, 0.25) is 10.0 Å². The molecule has 6 aromatic rings. The van der Waals surface area contributed by atoms with Crippen LogP contribution < -0.4 is 20.1 Å². The summed E-state index contributed by atoms with van der Waals surface area (Å²) < 4.78 is 54.6. The molecule has 4 heterocycles. The van der Waals surface area contributed by atoms with Crippen LogP contribution >= 0.6 is 0 Å². The van der Waals surface area contributed by atoms with Gasteiger partial charge in [0, 0.05) is 47.7 Å². The summed E-state index contributed by atoms with van der Waals surface area (Å²) in [4.78, 5) is 18.2. The Kier molecular flexibility index (Phi) is 6.15. The second-order valence-electron chi connectivity index (χ2n) is 10.6. The fraction of sp³-hybridized carbons (Fsp3) is 0.125. The van der Waals surface area contributed by atoms with Crippen molar-refractivity contribution in [2.24, 2.45) is 0 Å². The summed E-state index contributed by atoms with van der Waals surface area (Å²) in [7, 11) is -0.784. The first-order valence-corrected chi connectivity index (χ1v) is 15.4. The maximum atomic E-state index is 13.7. The highest BCUT2D eigenvalue weighted by atomic mass is 32.2. The van der Waals surface area contributed by atoms with Crippen LogP contribution in [0.25, 0.3) is 55.8 Å². The van der Waals surface area contributed by atoms with Crippen LogP contribution in [0.3, 0.4) is 0 Å². The molecule has 0 radical (unpaired) electrons. The summed E-state index contributed by atoms with van der Waals surface area (Å²) in [5, 5.41) is 4.02. The maximum Gasteiger partial charge on any atom is 0.255 e. The van der Waals surface area contributed by atoms with E-state index in [2.05, 4.69) is 5.32 Å². The molecule has 1 aliphatic heterocycles. The molecular weight excluding hydrogens is 585 g/mol. The quantitative estimate of drug-likeness (QED) is 0.242. The lowest BCUT2D eigenvalue weighted by Gasteiger charge is -2.23. The lowest BCUT2D eigenvalue weighted by Crippen LogP contribution is -2.25. The number of furan rings is 1. The number of hydrogen-bond donors (Lipinski definition) is 2. The minimum atomic E-state index is -3.72. The number of nitrogens with zero attached hydrogens (tertiary/aromatic N) is 3. The van der Waals surface area contributed by atoms with Gasteiger partial charge in [-0.15, -0.1) is 0 Å². The van der Waals surface area contributed by atoms with Crippen molar-refractivity contribution >= 4 is 49.2 Å². The van der Waals surface area contributed by atoms with Crippen LogP contribution in [0.5, 0.6) is 5.75 Å². The van der Waals surface area contributed by atoms with E-state index in [0.29, 0.717) is 51.8 Å². The van der Waals surface area contributed by atoms with Crippen molar-refractivity contribution in [3.8, 4) is 39.7 Å².